The van der Waals surface area contributed by atoms with Crippen molar-refractivity contribution in [3.8, 4) is 0 Å². The lowest BCUT2D eigenvalue weighted by molar-refractivity contribution is -0.116. The van der Waals surface area contributed by atoms with Crippen LogP contribution in [0.2, 0.25) is 0 Å². The summed E-state index contributed by atoms with van der Waals surface area (Å²) in [6.45, 7) is 0. The summed E-state index contributed by atoms with van der Waals surface area (Å²) in [6.07, 6.45) is 6.94. The van der Waals surface area contributed by atoms with E-state index in [0.717, 1.165) is 18.4 Å². The van der Waals surface area contributed by atoms with E-state index >= 15 is 0 Å². The first-order chi connectivity index (χ1) is 10.1. The highest BCUT2D eigenvalue weighted by Crippen LogP contribution is 2.35. The Morgan fingerprint density at radius 3 is 2.76 bits per heavy atom. The average molecular weight is 291 g/mol. The fourth-order valence-electron chi connectivity index (χ4n) is 3.54. The number of halogens is 1. The van der Waals surface area contributed by atoms with Gasteiger partial charge in [-0.2, -0.15) is 0 Å². The molecule has 3 nitrogen and oxygen atoms in total. The molecule has 1 aliphatic carbocycles. The molecule has 21 heavy (non-hydrogen) atoms. The first-order valence-corrected chi connectivity index (χ1v) is 7.93. The third kappa shape index (κ3) is 3.26. The van der Waals surface area contributed by atoms with Crippen molar-refractivity contribution in [2.24, 2.45) is 5.92 Å². The van der Waals surface area contributed by atoms with Crippen molar-refractivity contribution in [1.82, 2.24) is 0 Å². The molecule has 1 fully saturated rings. The molecule has 0 radical (unpaired) electrons. The molecule has 1 amide bonds. The zero-order valence-corrected chi connectivity index (χ0v) is 12.2. The van der Waals surface area contributed by atoms with Gasteiger partial charge in [0, 0.05) is 17.7 Å². The molecule has 114 valence electrons. The zero-order chi connectivity index (χ0) is 14.8. The summed E-state index contributed by atoms with van der Waals surface area (Å²) in [7, 11) is 0. The van der Waals surface area contributed by atoms with Crippen molar-refractivity contribution in [3.05, 3.63) is 29.1 Å². The number of aliphatic hydroxyl groups is 1. The molecular formula is C17H22FNO2. The molecule has 0 aromatic heterocycles. The largest absolute Gasteiger partial charge is 0.388 e. The minimum absolute atomic E-state index is 0.0718. The van der Waals surface area contributed by atoms with Crippen LogP contribution in [0.1, 0.15) is 62.2 Å². The van der Waals surface area contributed by atoms with Crippen LogP contribution in [0.25, 0.3) is 0 Å². The Kier molecular flexibility index (Phi) is 4.24. The highest BCUT2D eigenvalue weighted by atomic mass is 19.1. The number of anilines is 1. The standard InChI is InChI=1S/C17H22FNO2/c18-14-10-15-12(6-7-17(21)19-15)9-13(14)16(20)8-11-4-2-1-3-5-11/h9-11,16,20H,1-8H2,(H,19,21). The Labute approximate surface area is 124 Å². The maximum absolute atomic E-state index is 14.2. The SMILES string of the molecule is O=C1CCc2cc(C(O)CC3CCCCC3)c(F)cc2N1. The Morgan fingerprint density at radius 1 is 1.24 bits per heavy atom. The second-order valence-corrected chi connectivity index (χ2v) is 6.33. The number of carbonyl (C=O) groups is 1. The van der Waals surface area contributed by atoms with Crippen molar-refractivity contribution in [3.63, 3.8) is 0 Å². The molecule has 1 saturated carbocycles. The summed E-state index contributed by atoms with van der Waals surface area (Å²) in [5.41, 5.74) is 1.86. The molecule has 2 aliphatic rings. The van der Waals surface area contributed by atoms with Crippen LogP contribution in [-0.2, 0) is 11.2 Å². The third-order valence-corrected chi connectivity index (χ3v) is 4.76. The summed E-state index contributed by atoms with van der Waals surface area (Å²) < 4.78 is 14.2. The number of nitrogens with one attached hydrogen (secondary N) is 1. The van der Waals surface area contributed by atoms with Gasteiger partial charge in [-0.05, 0) is 36.5 Å². The highest BCUT2D eigenvalue weighted by Gasteiger charge is 2.23. The number of aryl methyl sites for hydroxylation is 1. The van der Waals surface area contributed by atoms with E-state index in [4.69, 9.17) is 0 Å². The van der Waals surface area contributed by atoms with Crippen LogP contribution >= 0.6 is 0 Å². The summed E-state index contributed by atoms with van der Waals surface area (Å²) in [5, 5.41) is 13.1. The fourth-order valence-corrected chi connectivity index (χ4v) is 3.54. The van der Waals surface area contributed by atoms with E-state index in [-0.39, 0.29) is 5.91 Å². The van der Waals surface area contributed by atoms with E-state index in [9.17, 15) is 14.3 Å². The number of rotatable bonds is 3. The quantitative estimate of drug-likeness (QED) is 0.892. The summed E-state index contributed by atoms with van der Waals surface area (Å²) in [6, 6.07) is 3.09. The molecular weight excluding hydrogens is 269 g/mol. The summed E-state index contributed by atoms with van der Waals surface area (Å²) in [5.74, 6) is 0.0144. The number of amides is 1. The molecule has 0 bridgehead atoms. The van der Waals surface area contributed by atoms with Crippen LogP contribution in [0.4, 0.5) is 10.1 Å². The molecule has 3 rings (SSSR count). The van der Waals surface area contributed by atoms with Crippen LogP contribution in [-0.4, -0.2) is 11.0 Å². The molecule has 0 saturated heterocycles. The molecule has 1 aliphatic heterocycles. The van der Waals surface area contributed by atoms with Gasteiger partial charge in [-0.3, -0.25) is 4.79 Å². The van der Waals surface area contributed by atoms with Crippen LogP contribution in [0.15, 0.2) is 12.1 Å². The molecule has 0 spiro atoms. The van der Waals surface area contributed by atoms with Gasteiger partial charge in [-0.15, -0.1) is 0 Å². The fraction of sp³-hybridized carbons (Fsp3) is 0.588. The van der Waals surface area contributed by atoms with Gasteiger partial charge in [0.25, 0.3) is 0 Å². The van der Waals surface area contributed by atoms with Crippen LogP contribution in [0, 0.1) is 11.7 Å². The minimum Gasteiger partial charge on any atom is -0.388 e. The van der Waals surface area contributed by atoms with Crippen LogP contribution in [0.5, 0.6) is 0 Å². The maximum Gasteiger partial charge on any atom is 0.224 e. The lowest BCUT2D eigenvalue weighted by atomic mass is 9.83. The van der Waals surface area contributed by atoms with Gasteiger partial charge < -0.3 is 10.4 Å². The van der Waals surface area contributed by atoms with E-state index < -0.39 is 11.9 Å². The van der Waals surface area contributed by atoms with Gasteiger partial charge in [0.2, 0.25) is 5.91 Å². The van der Waals surface area contributed by atoms with Crippen molar-refractivity contribution in [2.75, 3.05) is 5.32 Å². The van der Waals surface area contributed by atoms with E-state index in [2.05, 4.69) is 5.32 Å². The Hall–Kier alpha value is -1.42. The zero-order valence-electron chi connectivity index (χ0n) is 12.2. The maximum atomic E-state index is 14.2. The van der Waals surface area contributed by atoms with Gasteiger partial charge in [0.05, 0.1) is 6.10 Å². The molecule has 4 heteroatoms. The second kappa shape index (κ2) is 6.14. The predicted molar refractivity (Wildman–Crippen MR) is 79.5 cm³/mol. The van der Waals surface area contributed by atoms with Crippen LogP contribution < -0.4 is 5.32 Å². The lowest BCUT2D eigenvalue weighted by Gasteiger charge is -2.25. The second-order valence-electron chi connectivity index (χ2n) is 6.33. The van der Waals surface area contributed by atoms with E-state index in [0.29, 0.717) is 36.4 Å². The van der Waals surface area contributed by atoms with E-state index in [1.807, 2.05) is 0 Å². The number of carbonyl (C=O) groups excluding carboxylic acids is 1. The summed E-state index contributed by atoms with van der Waals surface area (Å²) >= 11 is 0. The van der Waals surface area contributed by atoms with Gasteiger partial charge >= 0.3 is 0 Å². The first kappa shape index (κ1) is 14.5. The number of fused-ring (bicyclic) bond motifs is 1. The van der Waals surface area contributed by atoms with E-state index in [1.54, 1.807) is 6.07 Å². The Balaban J connectivity index is 1.76. The minimum atomic E-state index is -0.740. The third-order valence-electron chi connectivity index (χ3n) is 4.76. The van der Waals surface area contributed by atoms with Gasteiger partial charge in [-0.25, -0.2) is 4.39 Å². The Morgan fingerprint density at radius 2 is 2.00 bits per heavy atom. The van der Waals surface area contributed by atoms with Crippen molar-refractivity contribution < 1.29 is 14.3 Å². The van der Waals surface area contributed by atoms with Gasteiger partial charge in [-0.1, -0.05) is 32.1 Å². The number of hydrogen-bond acceptors (Lipinski definition) is 2. The van der Waals surface area contributed by atoms with Crippen molar-refractivity contribution in [1.29, 1.82) is 0 Å². The van der Waals surface area contributed by atoms with Gasteiger partial charge in [0.1, 0.15) is 5.82 Å². The van der Waals surface area contributed by atoms with E-state index in [1.165, 1.54) is 25.3 Å². The molecule has 1 atom stereocenters. The predicted octanol–water partition coefficient (Wildman–Crippen LogP) is 3.71. The summed E-state index contributed by atoms with van der Waals surface area (Å²) in [4.78, 5) is 11.3. The van der Waals surface area contributed by atoms with Crippen molar-refractivity contribution >= 4 is 11.6 Å². The molecule has 1 aromatic carbocycles. The van der Waals surface area contributed by atoms with Crippen molar-refractivity contribution in [2.45, 2.75) is 57.5 Å². The average Bonchev–Trinajstić information content (AvgIpc) is 2.47. The first-order valence-electron chi connectivity index (χ1n) is 7.93. The Bertz CT molecular complexity index is 538. The molecule has 1 heterocycles. The lowest BCUT2D eigenvalue weighted by Crippen LogP contribution is -2.20. The number of aliphatic hydroxyl groups excluding tert-OH is 1. The molecule has 1 aromatic rings. The monoisotopic (exact) mass is 291 g/mol. The van der Waals surface area contributed by atoms with Gasteiger partial charge in [0.15, 0.2) is 0 Å². The molecule has 2 N–H and O–H groups in total. The smallest absolute Gasteiger partial charge is 0.224 e. The topological polar surface area (TPSA) is 49.3 Å². The highest BCUT2D eigenvalue weighted by molar-refractivity contribution is 5.93. The number of hydrogen-bond donors (Lipinski definition) is 2. The number of benzene rings is 1. The van der Waals surface area contributed by atoms with Crippen LogP contribution in [0.3, 0.4) is 0 Å². The molecule has 1 unspecified atom stereocenters. The normalized spacial score (nSPS) is 20.8.